The van der Waals surface area contributed by atoms with Crippen molar-refractivity contribution in [3.05, 3.63) is 28.7 Å². The highest BCUT2D eigenvalue weighted by Gasteiger charge is 2.04. The summed E-state index contributed by atoms with van der Waals surface area (Å²) in [5.41, 5.74) is 0. The maximum absolute atomic E-state index is 8.85. The summed E-state index contributed by atoms with van der Waals surface area (Å²) in [5, 5.41) is 17.7. The Kier molecular flexibility index (Phi) is 7.19. The highest BCUT2D eigenvalue weighted by Crippen LogP contribution is 2.23. The molecule has 0 atom stereocenters. The van der Waals surface area contributed by atoms with Crippen LogP contribution in [0.3, 0.4) is 0 Å². The van der Waals surface area contributed by atoms with E-state index in [9.17, 15) is 0 Å². The van der Waals surface area contributed by atoms with Crippen molar-refractivity contribution >= 4 is 15.9 Å². The molecule has 1 aromatic carbocycles. The Morgan fingerprint density at radius 3 is 2.29 bits per heavy atom. The molecular weight excluding hydrogens is 286 g/mol. The van der Waals surface area contributed by atoms with Gasteiger partial charge in [0.05, 0.1) is 17.7 Å². The molecule has 0 amide bonds. The van der Waals surface area contributed by atoms with Crippen LogP contribution in [0.1, 0.15) is 0 Å². The molecule has 0 aliphatic rings. The van der Waals surface area contributed by atoms with E-state index in [0.29, 0.717) is 26.2 Å². The molecule has 17 heavy (non-hydrogen) atoms. The Labute approximate surface area is 110 Å². The Balaban J connectivity index is 2.33. The fourth-order valence-corrected chi connectivity index (χ4v) is 1.86. The predicted octanol–water partition coefficient (Wildman–Crippen LogP) is 1.11. The summed E-state index contributed by atoms with van der Waals surface area (Å²) >= 11 is 3.41. The smallest absolute Gasteiger partial charge is 0.133 e. The van der Waals surface area contributed by atoms with Crippen molar-refractivity contribution < 1.29 is 14.9 Å². The summed E-state index contributed by atoms with van der Waals surface area (Å²) in [7, 11) is 0. The van der Waals surface area contributed by atoms with E-state index in [-0.39, 0.29) is 13.2 Å². The molecule has 0 bridgehead atoms. The summed E-state index contributed by atoms with van der Waals surface area (Å²) in [6.07, 6.45) is 0. The van der Waals surface area contributed by atoms with Gasteiger partial charge in [0.15, 0.2) is 0 Å². The number of hydrogen-bond donors (Lipinski definition) is 2. The molecule has 0 radical (unpaired) electrons. The molecule has 1 aromatic rings. The summed E-state index contributed by atoms with van der Waals surface area (Å²) in [6, 6.07) is 7.67. The summed E-state index contributed by atoms with van der Waals surface area (Å²) in [4.78, 5) is 1.96. The van der Waals surface area contributed by atoms with Crippen LogP contribution in [0, 0.1) is 0 Å². The molecule has 1 rings (SSSR count). The number of nitrogens with zero attached hydrogens (tertiary/aromatic N) is 1. The lowest BCUT2D eigenvalue weighted by Gasteiger charge is -2.20. The first-order valence-corrected chi connectivity index (χ1v) is 6.38. The van der Waals surface area contributed by atoms with Crippen molar-refractivity contribution in [2.75, 3.05) is 39.5 Å². The van der Waals surface area contributed by atoms with Crippen molar-refractivity contribution in [3.63, 3.8) is 0 Å². The number of para-hydroxylation sites is 1. The molecule has 96 valence electrons. The van der Waals surface area contributed by atoms with Crippen LogP contribution in [0.15, 0.2) is 28.7 Å². The van der Waals surface area contributed by atoms with E-state index in [1.54, 1.807) is 0 Å². The predicted molar refractivity (Wildman–Crippen MR) is 70.2 cm³/mol. The SMILES string of the molecule is OCCN(CCO)CCOc1ccccc1Br. The zero-order chi connectivity index (χ0) is 12.5. The first-order chi connectivity index (χ1) is 8.27. The Hall–Kier alpha value is -0.620. The zero-order valence-electron chi connectivity index (χ0n) is 9.68. The Bertz CT molecular complexity index is 316. The molecule has 0 aliphatic heterocycles. The van der Waals surface area contributed by atoms with Gasteiger partial charge in [0, 0.05) is 19.6 Å². The van der Waals surface area contributed by atoms with Crippen LogP contribution in [-0.2, 0) is 0 Å². The first kappa shape index (κ1) is 14.4. The fourth-order valence-electron chi connectivity index (χ4n) is 1.46. The molecule has 0 saturated heterocycles. The number of ether oxygens (including phenoxy) is 1. The van der Waals surface area contributed by atoms with Gasteiger partial charge in [-0.1, -0.05) is 12.1 Å². The highest BCUT2D eigenvalue weighted by atomic mass is 79.9. The molecule has 0 unspecified atom stereocenters. The van der Waals surface area contributed by atoms with Crippen LogP contribution in [0.4, 0.5) is 0 Å². The lowest BCUT2D eigenvalue weighted by molar-refractivity contribution is 0.141. The van der Waals surface area contributed by atoms with E-state index in [4.69, 9.17) is 14.9 Å². The molecule has 4 nitrogen and oxygen atoms in total. The maximum Gasteiger partial charge on any atom is 0.133 e. The number of benzene rings is 1. The second-order valence-electron chi connectivity index (χ2n) is 3.57. The monoisotopic (exact) mass is 303 g/mol. The van der Waals surface area contributed by atoms with E-state index in [2.05, 4.69) is 15.9 Å². The molecule has 0 saturated carbocycles. The number of aliphatic hydroxyl groups excluding tert-OH is 2. The quantitative estimate of drug-likeness (QED) is 0.755. The number of halogens is 1. The third kappa shape index (κ3) is 5.50. The molecule has 5 heteroatoms. The van der Waals surface area contributed by atoms with Crippen LogP contribution >= 0.6 is 15.9 Å². The van der Waals surface area contributed by atoms with Gasteiger partial charge in [0.25, 0.3) is 0 Å². The minimum atomic E-state index is 0.0923. The van der Waals surface area contributed by atoms with Gasteiger partial charge in [-0.3, -0.25) is 4.90 Å². The van der Waals surface area contributed by atoms with Crippen LogP contribution in [0.2, 0.25) is 0 Å². The third-order valence-electron chi connectivity index (χ3n) is 2.33. The van der Waals surface area contributed by atoms with E-state index in [1.807, 2.05) is 29.2 Å². The second kappa shape index (κ2) is 8.47. The molecule has 0 aliphatic carbocycles. The number of aliphatic hydroxyl groups is 2. The van der Waals surface area contributed by atoms with Crippen LogP contribution < -0.4 is 4.74 Å². The van der Waals surface area contributed by atoms with Gasteiger partial charge >= 0.3 is 0 Å². The van der Waals surface area contributed by atoms with Crippen LogP contribution in [0.25, 0.3) is 0 Å². The average molecular weight is 304 g/mol. The second-order valence-corrected chi connectivity index (χ2v) is 4.42. The maximum atomic E-state index is 8.85. The van der Waals surface area contributed by atoms with Crippen molar-refractivity contribution in [2.45, 2.75) is 0 Å². The normalized spacial score (nSPS) is 10.8. The van der Waals surface area contributed by atoms with Crippen molar-refractivity contribution in [1.29, 1.82) is 0 Å². The van der Waals surface area contributed by atoms with Crippen molar-refractivity contribution in [3.8, 4) is 5.75 Å². The highest BCUT2D eigenvalue weighted by molar-refractivity contribution is 9.10. The summed E-state index contributed by atoms with van der Waals surface area (Å²) in [6.45, 7) is 2.51. The van der Waals surface area contributed by atoms with Gasteiger partial charge in [-0.15, -0.1) is 0 Å². The van der Waals surface area contributed by atoms with E-state index < -0.39 is 0 Å². The summed E-state index contributed by atoms with van der Waals surface area (Å²) in [5.74, 6) is 0.806. The Morgan fingerprint density at radius 1 is 1.06 bits per heavy atom. The van der Waals surface area contributed by atoms with Crippen LogP contribution in [-0.4, -0.2) is 54.6 Å². The van der Waals surface area contributed by atoms with E-state index in [0.717, 1.165) is 10.2 Å². The number of rotatable bonds is 8. The van der Waals surface area contributed by atoms with Gasteiger partial charge in [-0.05, 0) is 28.1 Å². The third-order valence-corrected chi connectivity index (χ3v) is 2.99. The largest absolute Gasteiger partial charge is 0.491 e. The lowest BCUT2D eigenvalue weighted by atomic mass is 10.3. The topological polar surface area (TPSA) is 52.9 Å². The molecular formula is C12H18BrNO3. The van der Waals surface area contributed by atoms with E-state index in [1.165, 1.54) is 0 Å². The number of hydrogen-bond acceptors (Lipinski definition) is 4. The van der Waals surface area contributed by atoms with Gasteiger partial charge in [-0.25, -0.2) is 0 Å². The van der Waals surface area contributed by atoms with Gasteiger partial charge in [-0.2, -0.15) is 0 Å². The minimum absolute atomic E-state index is 0.0923. The van der Waals surface area contributed by atoms with E-state index >= 15 is 0 Å². The fraction of sp³-hybridized carbons (Fsp3) is 0.500. The van der Waals surface area contributed by atoms with Crippen molar-refractivity contribution in [2.24, 2.45) is 0 Å². The minimum Gasteiger partial charge on any atom is -0.491 e. The molecule has 0 fully saturated rings. The standard InChI is InChI=1S/C12H18BrNO3/c13-11-3-1-2-4-12(11)17-10-7-14(5-8-15)6-9-16/h1-4,15-16H,5-10H2. The van der Waals surface area contributed by atoms with Crippen LogP contribution in [0.5, 0.6) is 5.75 Å². The summed E-state index contributed by atoms with van der Waals surface area (Å²) < 4.78 is 6.53. The average Bonchev–Trinajstić information content (AvgIpc) is 2.32. The Morgan fingerprint density at radius 2 is 1.71 bits per heavy atom. The van der Waals surface area contributed by atoms with Crippen molar-refractivity contribution in [1.82, 2.24) is 4.90 Å². The van der Waals surface area contributed by atoms with Gasteiger partial charge < -0.3 is 14.9 Å². The first-order valence-electron chi connectivity index (χ1n) is 5.59. The van der Waals surface area contributed by atoms with Gasteiger partial charge in [0.1, 0.15) is 12.4 Å². The molecule has 0 aromatic heterocycles. The zero-order valence-corrected chi connectivity index (χ0v) is 11.3. The molecule has 0 spiro atoms. The molecule has 0 heterocycles. The van der Waals surface area contributed by atoms with Gasteiger partial charge in [0.2, 0.25) is 0 Å². The lowest BCUT2D eigenvalue weighted by Crippen LogP contribution is -2.33. The molecule has 2 N–H and O–H groups in total.